The SMILES string of the molecule is COC(=N)CCOc1ccc(Cl)c(Cl)c1. The molecular weight excluding hydrogens is 237 g/mol. The van der Waals surface area contributed by atoms with Crippen LogP contribution in [0, 0.1) is 5.41 Å². The quantitative estimate of drug-likeness (QED) is 0.655. The number of methoxy groups -OCH3 is 1. The first-order valence-corrected chi connectivity index (χ1v) is 5.08. The lowest BCUT2D eigenvalue weighted by Gasteiger charge is -2.07. The standard InChI is InChI=1S/C10H11Cl2NO2/c1-14-10(13)4-5-15-7-2-3-8(11)9(12)6-7/h2-3,6,13H,4-5H2,1H3. The lowest BCUT2D eigenvalue weighted by molar-refractivity contribution is 0.307. The van der Waals surface area contributed by atoms with Crippen molar-refractivity contribution in [2.45, 2.75) is 6.42 Å². The zero-order valence-corrected chi connectivity index (χ0v) is 9.73. The number of hydrogen-bond acceptors (Lipinski definition) is 3. The third-order valence-corrected chi connectivity index (χ3v) is 2.47. The fraction of sp³-hybridized carbons (Fsp3) is 0.300. The van der Waals surface area contributed by atoms with Crippen LogP contribution in [0.1, 0.15) is 6.42 Å². The Kier molecular flexibility index (Phi) is 4.72. The summed E-state index contributed by atoms with van der Waals surface area (Å²) in [6.07, 6.45) is 0.427. The Morgan fingerprint density at radius 1 is 1.33 bits per heavy atom. The van der Waals surface area contributed by atoms with Crippen molar-refractivity contribution < 1.29 is 9.47 Å². The molecule has 0 saturated heterocycles. The van der Waals surface area contributed by atoms with E-state index < -0.39 is 0 Å². The van der Waals surface area contributed by atoms with Crippen LogP contribution < -0.4 is 4.74 Å². The molecule has 82 valence electrons. The highest BCUT2D eigenvalue weighted by Crippen LogP contribution is 2.26. The number of nitrogens with one attached hydrogen (secondary N) is 1. The monoisotopic (exact) mass is 247 g/mol. The lowest BCUT2D eigenvalue weighted by atomic mass is 10.3. The van der Waals surface area contributed by atoms with Crippen molar-refractivity contribution in [1.29, 1.82) is 5.41 Å². The first kappa shape index (κ1) is 12.1. The van der Waals surface area contributed by atoms with Gasteiger partial charge in [0.15, 0.2) is 5.90 Å². The Balaban J connectivity index is 2.44. The minimum Gasteiger partial charge on any atom is -0.493 e. The highest BCUT2D eigenvalue weighted by molar-refractivity contribution is 6.42. The fourth-order valence-corrected chi connectivity index (χ4v) is 1.22. The van der Waals surface area contributed by atoms with E-state index in [9.17, 15) is 0 Å². The van der Waals surface area contributed by atoms with Gasteiger partial charge in [0.1, 0.15) is 5.75 Å². The normalized spacial score (nSPS) is 9.80. The third kappa shape index (κ3) is 3.98. The van der Waals surface area contributed by atoms with E-state index in [1.165, 1.54) is 7.11 Å². The van der Waals surface area contributed by atoms with Crippen molar-refractivity contribution in [3.63, 3.8) is 0 Å². The van der Waals surface area contributed by atoms with Crippen molar-refractivity contribution in [3.05, 3.63) is 28.2 Å². The van der Waals surface area contributed by atoms with E-state index in [4.69, 9.17) is 33.3 Å². The van der Waals surface area contributed by atoms with Crippen LogP contribution in [0.15, 0.2) is 18.2 Å². The van der Waals surface area contributed by atoms with Gasteiger partial charge < -0.3 is 9.47 Å². The largest absolute Gasteiger partial charge is 0.493 e. The van der Waals surface area contributed by atoms with E-state index in [0.717, 1.165) is 0 Å². The molecule has 0 aliphatic rings. The molecule has 0 aliphatic heterocycles. The molecule has 1 rings (SSSR count). The van der Waals surface area contributed by atoms with E-state index in [2.05, 4.69) is 4.74 Å². The number of benzene rings is 1. The molecule has 15 heavy (non-hydrogen) atoms. The van der Waals surface area contributed by atoms with Gasteiger partial charge in [-0.25, -0.2) is 0 Å². The highest BCUT2D eigenvalue weighted by Gasteiger charge is 2.01. The van der Waals surface area contributed by atoms with Crippen molar-refractivity contribution >= 4 is 29.1 Å². The van der Waals surface area contributed by atoms with Crippen molar-refractivity contribution in [1.82, 2.24) is 0 Å². The van der Waals surface area contributed by atoms with Gasteiger partial charge in [-0.2, -0.15) is 0 Å². The minimum atomic E-state index is 0.190. The summed E-state index contributed by atoms with van der Waals surface area (Å²) >= 11 is 11.5. The smallest absolute Gasteiger partial charge is 0.183 e. The Labute approximate surface area is 98.4 Å². The molecule has 0 fully saturated rings. The maximum atomic E-state index is 7.23. The molecule has 0 aliphatic carbocycles. The van der Waals surface area contributed by atoms with Gasteiger partial charge in [-0.3, -0.25) is 5.41 Å². The van der Waals surface area contributed by atoms with E-state index >= 15 is 0 Å². The summed E-state index contributed by atoms with van der Waals surface area (Å²) in [5.74, 6) is 0.823. The first-order valence-electron chi connectivity index (χ1n) is 4.32. The van der Waals surface area contributed by atoms with E-state index in [0.29, 0.717) is 28.8 Å². The fourth-order valence-electron chi connectivity index (χ4n) is 0.930. The number of ether oxygens (including phenoxy) is 2. The Hall–Kier alpha value is -0.930. The summed E-state index contributed by atoms with van der Waals surface area (Å²) in [5, 5.41) is 8.18. The highest BCUT2D eigenvalue weighted by atomic mass is 35.5. The van der Waals surface area contributed by atoms with Gasteiger partial charge in [0, 0.05) is 6.07 Å². The summed E-state index contributed by atoms with van der Waals surface area (Å²) < 4.78 is 10.0. The van der Waals surface area contributed by atoms with E-state index in [1.54, 1.807) is 18.2 Å². The van der Waals surface area contributed by atoms with Crippen LogP contribution in [0.5, 0.6) is 5.75 Å². The van der Waals surface area contributed by atoms with Crippen LogP contribution in [-0.2, 0) is 4.74 Å². The number of rotatable bonds is 4. The van der Waals surface area contributed by atoms with E-state index in [1.807, 2.05) is 0 Å². The summed E-state index contributed by atoms with van der Waals surface area (Å²) in [6.45, 7) is 0.380. The van der Waals surface area contributed by atoms with Crippen LogP contribution in [-0.4, -0.2) is 19.6 Å². The average molecular weight is 248 g/mol. The van der Waals surface area contributed by atoms with E-state index in [-0.39, 0.29) is 5.90 Å². The summed E-state index contributed by atoms with van der Waals surface area (Å²) in [6, 6.07) is 5.03. The van der Waals surface area contributed by atoms with Gasteiger partial charge in [-0.05, 0) is 12.1 Å². The number of halogens is 2. The molecule has 0 spiro atoms. The molecular formula is C10H11Cl2NO2. The van der Waals surface area contributed by atoms with Gasteiger partial charge >= 0.3 is 0 Å². The van der Waals surface area contributed by atoms with Gasteiger partial charge in [-0.15, -0.1) is 0 Å². The third-order valence-electron chi connectivity index (χ3n) is 1.74. The van der Waals surface area contributed by atoms with Crippen LogP contribution >= 0.6 is 23.2 Å². The summed E-state index contributed by atoms with van der Waals surface area (Å²) in [4.78, 5) is 0. The molecule has 1 aromatic carbocycles. The Bertz CT molecular complexity index is 355. The zero-order valence-electron chi connectivity index (χ0n) is 8.22. The molecule has 3 nitrogen and oxygen atoms in total. The maximum absolute atomic E-state index is 7.23. The molecule has 0 aromatic heterocycles. The second-order valence-electron chi connectivity index (χ2n) is 2.80. The van der Waals surface area contributed by atoms with Crippen LogP contribution in [0.3, 0.4) is 0 Å². The minimum absolute atomic E-state index is 0.190. The molecule has 0 heterocycles. The molecule has 0 unspecified atom stereocenters. The van der Waals surface area contributed by atoms with Gasteiger partial charge in [0.25, 0.3) is 0 Å². The van der Waals surface area contributed by atoms with Crippen LogP contribution in [0.25, 0.3) is 0 Å². The Morgan fingerprint density at radius 2 is 2.07 bits per heavy atom. The topological polar surface area (TPSA) is 42.3 Å². The van der Waals surface area contributed by atoms with Gasteiger partial charge in [0.2, 0.25) is 0 Å². The number of hydrogen-bond donors (Lipinski definition) is 1. The molecule has 0 atom stereocenters. The maximum Gasteiger partial charge on any atom is 0.183 e. The van der Waals surface area contributed by atoms with Crippen LogP contribution in [0.2, 0.25) is 10.0 Å². The predicted molar refractivity (Wildman–Crippen MR) is 61.3 cm³/mol. The molecule has 0 saturated carbocycles. The first-order chi connectivity index (χ1) is 7.13. The summed E-state index contributed by atoms with van der Waals surface area (Å²) in [7, 11) is 1.46. The van der Waals surface area contributed by atoms with Crippen molar-refractivity contribution in [2.24, 2.45) is 0 Å². The molecule has 1 N–H and O–H groups in total. The Morgan fingerprint density at radius 3 is 2.67 bits per heavy atom. The van der Waals surface area contributed by atoms with Crippen LogP contribution in [0.4, 0.5) is 0 Å². The van der Waals surface area contributed by atoms with Gasteiger partial charge in [0.05, 0.1) is 30.2 Å². The lowest BCUT2D eigenvalue weighted by Crippen LogP contribution is -2.06. The molecule has 0 radical (unpaired) electrons. The van der Waals surface area contributed by atoms with Crippen molar-refractivity contribution in [3.8, 4) is 5.75 Å². The van der Waals surface area contributed by atoms with Crippen molar-refractivity contribution in [2.75, 3.05) is 13.7 Å². The zero-order chi connectivity index (χ0) is 11.3. The average Bonchev–Trinajstić information content (AvgIpc) is 2.23. The van der Waals surface area contributed by atoms with Gasteiger partial charge in [-0.1, -0.05) is 23.2 Å². The molecule has 0 bridgehead atoms. The molecule has 5 heteroatoms. The molecule has 1 aromatic rings. The predicted octanol–water partition coefficient (Wildman–Crippen LogP) is 3.39. The second kappa shape index (κ2) is 5.83. The summed E-state index contributed by atoms with van der Waals surface area (Å²) in [5.41, 5.74) is 0. The molecule has 0 amide bonds. The second-order valence-corrected chi connectivity index (χ2v) is 3.62.